The second-order valence-corrected chi connectivity index (χ2v) is 3.29. The molecule has 1 aromatic rings. The molecule has 3 heteroatoms. The van der Waals surface area contributed by atoms with Crippen molar-refractivity contribution in [2.45, 2.75) is 19.3 Å². The SMILES string of the molecule is OCCCOc1coc2c1=CCCC=2. The van der Waals surface area contributed by atoms with Crippen LogP contribution in [0.5, 0.6) is 5.75 Å². The Morgan fingerprint density at radius 1 is 1.36 bits per heavy atom. The van der Waals surface area contributed by atoms with Crippen molar-refractivity contribution in [1.82, 2.24) is 0 Å². The van der Waals surface area contributed by atoms with E-state index < -0.39 is 0 Å². The molecule has 3 nitrogen and oxygen atoms in total. The van der Waals surface area contributed by atoms with Crippen LogP contribution in [0.3, 0.4) is 0 Å². The highest BCUT2D eigenvalue weighted by molar-refractivity contribution is 5.40. The van der Waals surface area contributed by atoms with E-state index in [4.69, 9.17) is 14.3 Å². The third-order valence-electron chi connectivity index (χ3n) is 2.23. The zero-order valence-corrected chi connectivity index (χ0v) is 8.03. The van der Waals surface area contributed by atoms with Crippen molar-refractivity contribution in [2.24, 2.45) is 0 Å². The molecule has 0 saturated carbocycles. The van der Waals surface area contributed by atoms with Gasteiger partial charge >= 0.3 is 0 Å². The van der Waals surface area contributed by atoms with Crippen LogP contribution in [0.25, 0.3) is 12.2 Å². The smallest absolute Gasteiger partial charge is 0.164 e. The molecule has 1 N–H and O–H groups in total. The summed E-state index contributed by atoms with van der Waals surface area (Å²) >= 11 is 0. The molecule has 14 heavy (non-hydrogen) atoms. The van der Waals surface area contributed by atoms with Gasteiger partial charge in [0.05, 0.1) is 11.8 Å². The Hall–Kier alpha value is -1.22. The average molecular weight is 194 g/mol. The fourth-order valence-electron chi connectivity index (χ4n) is 1.53. The predicted octanol–water partition coefficient (Wildman–Crippen LogP) is 0.396. The maximum atomic E-state index is 8.62. The minimum absolute atomic E-state index is 0.163. The number of furan rings is 1. The summed E-state index contributed by atoms with van der Waals surface area (Å²) in [4.78, 5) is 0. The first-order chi connectivity index (χ1) is 6.92. The molecule has 0 fully saturated rings. The number of aliphatic hydroxyl groups excluding tert-OH is 1. The molecular formula is C11H14O3. The fourth-order valence-corrected chi connectivity index (χ4v) is 1.53. The van der Waals surface area contributed by atoms with Crippen molar-refractivity contribution >= 4 is 12.2 Å². The molecule has 1 aliphatic carbocycles. The first kappa shape index (κ1) is 9.34. The lowest BCUT2D eigenvalue weighted by atomic mass is 10.2. The van der Waals surface area contributed by atoms with Crippen LogP contribution in [0.1, 0.15) is 19.3 Å². The van der Waals surface area contributed by atoms with Crippen LogP contribution in [0.2, 0.25) is 0 Å². The van der Waals surface area contributed by atoms with Crippen LogP contribution in [0.4, 0.5) is 0 Å². The van der Waals surface area contributed by atoms with Gasteiger partial charge < -0.3 is 14.3 Å². The average Bonchev–Trinajstić information content (AvgIpc) is 2.63. The Bertz CT molecular complexity index is 403. The van der Waals surface area contributed by atoms with Gasteiger partial charge in [0.2, 0.25) is 0 Å². The van der Waals surface area contributed by atoms with Crippen molar-refractivity contribution in [3.8, 4) is 5.75 Å². The van der Waals surface area contributed by atoms with Crippen molar-refractivity contribution in [3.05, 3.63) is 16.9 Å². The summed E-state index contributed by atoms with van der Waals surface area (Å²) in [5.74, 6) is 0.796. The van der Waals surface area contributed by atoms with Gasteiger partial charge in [-0.1, -0.05) is 6.08 Å². The second-order valence-electron chi connectivity index (χ2n) is 3.29. The van der Waals surface area contributed by atoms with Crippen LogP contribution < -0.4 is 15.4 Å². The van der Waals surface area contributed by atoms with Crippen LogP contribution in [0.15, 0.2) is 10.7 Å². The number of hydrogen-bond donors (Lipinski definition) is 1. The van der Waals surface area contributed by atoms with Crippen molar-refractivity contribution in [3.63, 3.8) is 0 Å². The van der Waals surface area contributed by atoms with E-state index in [0.717, 1.165) is 29.2 Å². The topological polar surface area (TPSA) is 42.6 Å². The molecule has 0 saturated heterocycles. The first-order valence-corrected chi connectivity index (χ1v) is 4.93. The monoisotopic (exact) mass is 194 g/mol. The van der Waals surface area contributed by atoms with Gasteiger partial charge in [0, 0.05) is 13.0 Å². The van der Waals surface area contributed by atoms with Crippen LogP contribution in [-0.4, -0.2) is 18.3 Å². The van der Waals surface area contributed by atoms with Crippen LogP contribution >= 0.6 is 0 Å². The van der Waals surface area contributed by atoms with Gasteiger partial charge in [-0.05, 0) is 18.9 Å². The molecule has 0 aliphatic heterocycles. The van der Waals surface area contributed by atoms with Gasteiger partial charge in [0.25, 0.3) is 0 Å². The van der Waals surface area contributed by atoms with Crippen LogP contribution in [-0.2, 0) is 0 Å². The molecule has 1 aromatic heterocycles. The fraction of sp³-hybridized carbons (Fsp3) is 0.455. The van der Waals surface area contributed by atoms with E-state index in [2.05, 4.69) is 12.2 Å². The standard InChI is InChI=1S/C11H14O3/c12-6-3-7-13-11-8-14-10-5-2-1-4-9(10)11/h4-5,8,12H,1-3,6-7H2. The van der Waals surface area contributed by atoms with E-state index in [9.17, 15) is 0 Å². The zero-order valence-electron chi connectivity index (χ0n) is 8.03. The van der Waals surface area contributed by atoms with Gasteiger partial charge in [-0.3, -0.25) is 0 Å². The molecule has 0 spiro atoms. The quantitative estimate of drug-likeness (QED) is 0.705. The molecule has 1 aliphatic rings. The first-order valence-electron chi connectivity index (χ1n) is 4.93. The minimum atomic E-state index is 0.163. The van der Waals surface area contributed by atoms with E-state index in [1.807, 2.05) is 0 Å². The predicted molar refractivity (Wildman–Crippen MR) is 53.3 cm³/mol. The van der Waals surface area contributed by atoms with E-state index in [-0.39, 0.29) is 6.61 Å². The molecule has 0 amide bonds. The lowest BCUT2D eigenvalue weighted by Crippen LogP contribution is -2.23. The molecule has 0 aromatic carbocycles. The molecule has 0 atom stereocenters. The molecule has 76 valence electrons. The highest BCUT2D eigenvalue weighted by Gasteiger charge is 2.04. The lowest BCUT2D eigenvalue weighted by Gasteiger charge is -2.01. The Labute approximate surface area is 82.3 Å². The Balaban J connectivity index is 2.16. The van der Waals surface area contributed by atoms with Gasteiger partial charge in [-0.2, -0.15) is 0 Å². The molecule has 0 bridgehead atoms. The van der Waals surface area contributed by atoms with Crippen LogP contribution in [0, 0.1) is 0 Å². The molecule has 0 radical (unpaired) electrons. The summed E-state index contributed by atoms with van der Waals surface area (Å²) in [6.07, 6.45) is 8.59. The van der Waals surface area contributed by atoms with E-state index in [1.54, 1.807) is 6.26 Å². The minimum Gasteiger partial charge on any atom is -0.489 e. The largest absolute Gasteiger partial charge is 0.489 e. The van der Waals surface area contributed by atoms with Gasteiger partial charge in [0.1, 0.15) is 11.7 Å². The normalized spacial score (nSPS) is 14.1. The number of hydrogen-bond acceptors (Lipinski definition) is 3. The summed E-state index contributed by atoms with van der Waals surface area (Å²) < 4.78 is 10.8. The summed E-state index contributed by atoms with van der Waals surface area (Å²) in [5.41, 5.74) is 0.912. The summed E-state index contributed by atoms with van der Waals surface area (Å²) in [6, 6.07) is 0. The maximum absolute atomic E-state index is 8.62. The third-order valence-corrected chi connectivity index (χ3v) is 2.23. The molecule has 0 unspecified atom stereocenters. The number of rotatable bonds is 4. The van der Waals surface area contributed by atoms with E-state index in [0.29, 0.717) is 13.0 Å². The van der Waals surface area contributed by atoms with E-state index in [1.165, 1.54) is 0 Å². The van der Waals surface area contributed by atoms with Gasteiger partial charge in [0.15, 0.2) is 5.75 Å². The molecular weight excluding hydrogens is 180 g/mol. The van der Waals surface area contributed by atoms with Crippen molar-refractivity contribution in [2.75, 3.05) is 13.2 Å². The third kappa shape index (κ3) is 1.82. The number of ether oxygens (including phenoxy) is 1. The lowest BCUT2D eigenvalue weighted by molar-refractivity contribution is 0.232. The Morgan fingerprint density at radius 2 is 2.21 bits per heavy atom. The summed E-state index contributed by atoms with van der Waals surface area (Å²) in [6.45, 7) is 0.701. The molecule has 1 heterocycles. The maximum Gasteiger partial charge on any atom is 0.164 e. The second kappa shape index (κ2) is 4.33. The number of fused-ring (bicyclic) bond motifs is 1. The summed E-state index contributed by atoms with van der Waals surface area (Å²) in [7, 11) is 0. The number of aliphatic hydroxyl groups is 1. The van der Waals surface area contributed by atoms with Crippen molar-refractivity contribution < 1.29 is 14.3 Å². The Morgan fingerprint density at radius 3 is 3.07 bits per heavy atom. The van der Waals surface area contributed by atoms with Gasteiger partial charge in [-0.15, -0.1) is 0 Å². The highest BCUT2D eigenvalue weighted by atomic mass is 16.5. The van der Waals surface area contributed by atoms with Crippen molar-refractivity contribution in [1.29, 1.82) is 0 Å². The van der Waals surface area contributed by atoms with Gasteiger partial charge in [-0.25, -0.2) is 0 Å². The highest BCUT2D eigenvalue weighted by Crippen LogP contribution is 2.05. The van der Waals surface area contributed by atoms with E-state index >= 15 is 0 Å². The summed E-state index contributed by atoms with van der Waals surface area (Å²) in [5, 5.41) is 9.68. The Kier molecular flexibility index (Phi) is 2.89. The zero-order chi connectivity index (χ0) is 9.80. The molecule has 2 rings (SSSR count).